The summed E-state index contributed by atoms with van der Waals surface area (Å²) in [5.74, 6) is 0.663. The summed E-state index contributed by atoms with van der Waals surface area (Å²) in [4.78, 5) is 17.2. The maximum atomic E-state index is 12.6. The van der Waals surface area contributed by atoms with Gasteiger partial charge in [-0.05, 0) is 86.6 Å². The molecule has 8 heteroatoms. The molecular formula is C25H22ClN3O3S. The summed E-state index contributed by atoms with van der Waals surface area (Å²) in [6.07, 6.45) is 0. The SMILES string of the molecule is CCOc1ccc(C(=O)NC(=S)Nc2cc(-c3nc4ccc(C)cc4o3)ccc2C)cc1Cl. The van der Waals surface area contributed by atoms with Crippen molar-refractivity contribution in [2.24, 2.45) is 0 Å². The molecule has 0 fully saturated rings. The Morgan fingerprint density at radius 3 is 2.70 bits per heavy atom. The monoisotopic (exact) mass is 479 g/mol. The number of rotatable bonds is 5. The zero-order valence-electron chi connectivity index (χ0n) is 18.4. The average Bonchev–Trinajstić information content (AvgIpc) is 3.20. The second-order valence-corrected chi connectivity index (χ2v) is 8.32. The quantitative estimate of drug-likeness (QED) is 0.327. The molecule has 1 amide bonds. The summed E-state index contributed by atoms with van der Waals surface area (Å²) in [5, 5.41) is 6.29. The van der Waals surface area contributed by atoms with Crippen LogP contribution in [0.25, 0.3) is 22.6 Å². The van der Waals surface area contributed by atoms with Gasteiger partial charge in [0.2, 0.25) is 5.89 Å². The van der Waals surface area contributed by atoms with Crippen LogP contribution in [0.2, 0.25) is 5.02 Å². The molecule has 4 aromatic rings. The van der Waals surface area contributed by atoms with E-state index in [0.29, 0.717) is 28.8 Å². The maximum absolute atomic E-state index is 12.6. The first-order chi connectivity index (χ1) is 15.8. The van der Waals surface area contributed by atoms with Gasteiger partial charge < -0.3 is 14.5 Å². The second kappa shape index (κ2) is 9.60. The number of aryl methyl sites for hydroxylation is 2. The van der Waals surface area contributed by atoms with Crippen LogP contribution in [0.1, 0.15) is 28.4 Å². The number of carbonyl (C=O) groups is 1. The van der Waals surface area contributed by atoms with E-state index >= 15 is 0 Å². The van der Waals surface area contributed by atoms with Gasteiger partial charge >= 0.3 is 0 Å². The lowest BCUT2D eigenvalue weighted by atomic mass is 10.1. The van der Waals surface area contributed by atoms with E-state index < -0.39 is 0 Å². The molecule has 0 saturated carbocycles. The molecule has 0 radical (unpaired) electrons. The smallest absolute Gasteiger partial charge is 0.257 e. The summed E-state index contributed by atoms with van der Waals surface area (Å²) in [6.45, 7) is 6.30. The molecule has 0 aliphatic rings. The van der Waals surface area contributed by atoms with Crippen molar-refractivity contribution in [1.29, 1.82) is 0 Å². The molecule has 0 atom stereocenters. The van der Waals surface area contributed by atoms with Crippen LogP contribution in [0, 0.1) is 13.8 Å². The molecule has 0 bridgehead atoms. The molecule has 33 heavy (non-hydrogen) atoms. The number of ether oxygens (including phenoxy) is 1. The summed E-state index contributed by atoms with van der Waals surface area (Å²) >= 11 is 11.5. The molecule has 3 aromatic carbocycles. The number of oxazole rings is 1. The predicted molar refractivity (Wildman–Crippen MR) is 135 cm³/mol. The van der Waals surface area contributed by atoms with Crippen molar-refractivity contribution in [1.82, 2.24) is 10.3 Å². The minimum absolute atomic E-state index is 0.165. The molecular weight excluding hydrogens is 458 g/mol. The first kappa shape index (κ1) is 22.8. The lowest BCUT2D eigenvalue weighted by Gasteiger charge is -2.13. The molecule has 4 rings (SSSR count). The molecule has 1 aromatic heterocycles. The van der Waals surface area contributed by atoms with Gasteiger partial charge in [-0.3, -0.25) is 10.1 Å². The number of anilines is 1. The van der Waals surface area contributed by atoms with Crippen molar-refractivity contribution >= 4 is 51.6 Å². The third kappa shape index (κ3) is 5.16. The zero-order chi connectivity index (χ0) is 23.5. The van der Waals surface area contributed by atoms with Gasteiger partial charge in [-0.1, -0.05) is 23.7 Å². The van der Waals surface area contributed by atoms with E-state index in [2.05, 4.69) is 15.6 Å². The molecule has 0 saturated heterocycles. The Balaban J connectivity index is 1.49. The molecule has 0 spiro atoms. The summed E-state index contributed by atoms with van der Waals surface area (Å²) < 4.78 is 11.3. The number of aromatic nitrogens is 1. The van der Waals surface area contributed by atoms with Gasteiger partial charge in [0.1, 0.15) is 11.3 Å². The number of nitrogens with zero attached hydrogens (tertiary/aromatic N) is 1. The van der Waals surface area contributed by atoms with Crippen molar-refractivity contribution in [2.45, 2.75) is 20.8 Å². The fourth-order valence-corrected chi connectivity index (χ4v) is 3.73. The number of halogens is 1. The molecule has 168 valence electrons. The lowest BCUT2D eigenvalue weighted by Crippen LogP contribution is -2.34. The van der Waals surface area contributed by atoms with Crippen LogP contribution in [-0.4, -0.2) is 22.6 Å². The number of carbonyl (C=O) groups excluding carboxylic acids is 1. The van der Waals surface area contributed by atoms with Gasteiger partial charge in [0.15, 0.2) is 10.7 Å². The molecule has 0 aliphatic carbocycles. The van der Waals surface area contributed by atoms with E-state index in [9.17, 15) is 4.79 Å². The summed E-state index contributed by atoms with van der Waals surface area (Å²) in [5.41, 5.74) is 5.49. The first-order valence-electron chi connectivity index (χ1n) is 10.4. The van der Waals surface area contributed by atoms with E-state index in [4.69, 9.17) is 33.0 Å². The minimum Gasteiger partial charge on any atom is -0.492 e. The number of amides is 1. The highest BCUT2D eigenvalue weighted by molar-refractivity contribution is 7.80. The van der Waals surface area contributed by atoms with Crippen LogP contribution >= 0.6 is 23.8 Å². The Kier molecular flexibility index (Phi) is 6.62. The number of nitrogens with one attached hydrogen (secondary N) is 2. The van der Waals surface area contributed by atoms with E-state index in [-0.39, 0.29) is 11.0 Å². The van der Waals surface area contributed by atoms with Gasteiger partial charge in [0, 0.05) is 16.8 Å². The highest BCUT2D eigenvalue weighted by atomic mass is 35.5. The van der Waals surface area contributed by atoms with Crippen molar-refractivity contribution in [2.75, 3.05) is 11.9 Å². The normalized spacial score (nSPS) is 10.8. The van der Waals surface area contributed by atoms with Gasteiger partial charge in [0.05, 0.1) is 11.6 Å². The highest BCUT2D eigenvalue weighted by Gasteiger charge is 2.14. The van der Waals surface area contributed by atoms with Gasteiger partial charge in [0.25, 0.3) is 5.91 Å². The Bertz CT molecular complexity index is 1370. The van der Waals surface area contributed by atoms with E-state index in [1.165, 1.54) is 0 Å². The zero-order valence-corrected chi connectivity index (χ0v) is 19.9. The van der Waals surface area contributed by atoms with Crippen molar-refractivity contribution in [3.63, 3.8) is 0 Å². The minimum atomic E-state index is -0.374. The Labute approximate surface area is 201 Å². The molecule has 0 unspecified atom stereocenters. The van der Waals surface area contributed by atoms with Crippen LogP contribution in [0.4, 0.5) is 5.69 Å². The number of thiocarbonyl (C=S) groups is 1. The average molecular weight is 480 g/mol. The van der Waals surface area contributed by atoms with Crippen molar-refractivity contribution < 1.29 is 13.9 Å². The Morgan fingerprint density at radius 2 is 1.94 bits per heavy atom. The van der Waals surface area contributed by atoms with Gasteiger partial charge in [-0.2, -0.15) is 0 Å². The molecule has 6 nitrogen and oxygen atoms in total. The molecule has 0 aliphatic heterocycles. The first-order valence-corrected chi connectivity index (χ1v) is 11.2. The molecule has 1 heterocycles. The van der Waals surface area contributed by atoms with Crippen LogP contribution in [-0.2, 0) is 0 Å². The lowest BCUT2D eigenvalue weighted by molar-refractivity contribution is 0.0977. The van der Waals surface area contributed by atoms with Crippen LogP contribution in [0.15, 0.2) is 59.0 Å². The standard InChI is InChI=1S/C25H22ClN3O3S/c1-4-31-21-10-8-16(12-18(21)26)23(30)29-25(33)28-20-13-17(7-6-15(20)3)24-27-19-9-5-14(2)11-22(19)32-24/h5-13H,4H2,1-3H3,(H2,28,29,30,33). The van der Waals surface area contributed by atoms with Crippen molar-refractivity contribution in [3.05, 3.63) is 76.3 Å². The van der Waals surface area contributed by atoms with Gasteiger partial charge in [-0.25, -0.2) is 4.98 Å². The second-order valence-electron chi connectivity index (χ2n) is 7.51. The number of benzene rings is 3. The van der Waals surface area contributed by atoms with Crippen LogP contribution in [0.3, 0.4) is 0 Å². The third-order valence-electron chi connectivity index (χ3n) is 5.00. The Morgan fingerprint density at radius 1 is 1.12 bits per heavy atom. The van der Waals surface area contributed by atoms with E-state index in [1.54, 1.807) is 18.2 Å². The van der Waals surface area contributed by atoms with Crippen LogP contribution < -0.4 is 15.4 Å². The topological polar surface area (TPSA) is 76.4 Å². The van der Waals surface area contributed by atoms with Gasteiger partial charge in [-0.15, -0.1) is 0 Å². The van der Waals surface area contributed by atoms with Crippen LogP contribution in [0.5, 0.6) is 5.75 Å². The van der Waals surface area contributed by atoms with E-state index in [1.807, 2.05) is 57.2 Å². The fourth-order valence-electron chi connectivity index (χ4n) is 3.29. The summed E-state index contributed by atoms with van der Waals surface area (Å²) in [7, 11) is 0. The number of hydrogen-bond donors (Lipinski definition) is 2. The Hall–Kier alpha value is -3.42. The maximum Gasteiger partial charge on any atom is 0.257 e. The number of hydrogen-bond acceptors (Lipinski definition) is 5. The van der Waals surface area contributed by atoms with Crippen molar-refractivity contribution in [3.8, 4) is 17.2 Å². The fraction of sp³-hybridized carbons (Fsp3) is 0.160. The predicted octanol–water partition coefficient (Wildman–Crippen LogP) is 6.29. The largest absolute Gasteiger partial charge is 0.492 e. The third-order valence-corrected chi connectivity index (χ3v) is 5.50. The highest BCUT2D eigenvalue weighted by Crippen LogP contribution is 2.29. The summed E-state index contributed by atoms with van der Waals surface area (Å²) in [6, 6.07) is 16.5. The van der Waals surface area contributed by atoms with E-state index in [0.717, 1.165) is 33.5 Å². The molecule has 2 N–H and O–H groups in total. The number of fused-ring (bicyclic) bond motifs is 1.